The standard InChI is InChI=1S/C25H34FN3O4S/c1-4-5-17-27-25(31)20(2)28(19-21-10-7-6-8-11-21)24(30)12-9-18-29(34(3,32)33)23-15-13-22(26)14-16-23/h6-8,10-11,13-16,20H,4-5,9,12,17-19H2,1-3H3,(H,27,31)/t20-/m1/s1. The molecular weight excluding hydrogens is 457 g/mol. The van der Waals surface area contributed by atoms with Crippen LogP contribution in [0, 0.1) is 5.82 Å². The highest BCUT2D eigenvalue weighted by Gasteiger charge is 2.26. The normalized spacial score (nSPS) is 12.1. The summed E-state index contributed by atoms with van der Waals surface area (Å²) in [6.07, 6.45) is 3.19. The lowest BCUT2D eigenvalue weighted by Crippen LogP contribution is -2.47. The van der Waals surface area contributed by atoms with E-state index >= 15 is 0 Å². The summed E-state index contributed by atoms with van der Waals surface area (Å²) >= 11 is 0. The van der Waals surface area contributed by atoms with Crippen LogP contribution in [0.3, 0.4) is 0 Å². The molecule has 7 nitrogen and oxygen atoms in total. The summed E-state index contributed by atoms with van der Waals surface area (Å²) in [7, 11) is -3.62. The number of hydrogen-bond acceptors (Lipinski definition) is 4. The second-order valence-electron chi connectivity index (χ2n) is 8.24. The zero-order valence-electron chi connectivity index (χ0n) is 20.0. The molecule has 0 heterocycles. The zero-order chi connectivity index (χ0) is 25.1. The lowest BCUT2D eigenvalue weighted by atomic mass is 10.1. The van der Waals surface area contributed by atoms with Gasteiger partial charge in [0.1, 0.15) is 11.9 Å². The highest BCUT2D eigenvalue weighted by molar-refractivity contribution is 7.92. The fourth-order valence-corrected chi connectivity index (χ4v) is 4.48. The summed E-state index contributed by atoms with van der Waals surface area (Å²) in [5.74, 6) is -0.925. The van der Waals surface area contributed by atoms with Crippen molar-refractivity contribution in [3.63, 3.8) is 0 Å². The second kappa shape index (κ2) is 13.1. The number of halogens is 1. The molecule has 186 valence electrons. The smallest absolute Gasteiger partial charge is 0.242 e. The van der Waals surface area contributed by atoms with Crippen LogP contribution in [0.1, 0.15) is 45.1 Å². The number of nitrogens with zero attached hydrogens (tertiary/aromatic N) is 2. The summed E-state index contributed by atoms with van der Waals surface area (Å²) in [5.41, 5.74) is 1.23. The first-order chi connectivity index (χ1) is 16.1. The number of hydrogen-bond donors (Lipinski definition) is 1. The fourth-order valence-electron chi connectivity index (χ4n) is 3.51. The predicted octanol–water partition coefficient (Wildman–Crippen LogP) is 3.71. The first kappa shape index (κ1) is 27.3. The molecule has 1 atom stereocenters. The van der Waals surface area contributed by atoms with Crippen LogP contribution in [0.15, 0.2) is 54.6 Å². The molecule has 2 aromatic carbocycles. The van der Waals surface area contributed by atoms with Crippen molar-refractivity contribution in [3.05, 3.63) is 66.0 Å². The molecule has 0 saturated heterocycles. The lowest BCUT2D eigenvalue weighted by molar-refractivity contribution is -0.140. The molecule has 0 aliphatic rings. The van der Waals surface area contributed by atoms with Crippen molar-refractivity contribution >= 4 is 27.5 Å². The van der Waals surface area contributed by atoms with Gasteiger partial charge in [-0.2, -0.15) is 0 Å². The molecule has 0 aliphatic carbocycles. The molecule has 2 aromatic rings. The van der Waals surface area contributed by atoms with Gasteiger partial charge >= 0.3 is 0 Å². The second-order valence-corrected chi connectivity index (χ2v) is 10.1. The maximum atomic E-state index is 13.3. The Balaban J connectivity index is 2.10. The summed E-state index contributed by atoms with van der Waals surface area (Å²) in [5, 5.41) is 2.87. The van der Waals surface area contributed by atoms with E-state index in [1.807, 2.05) is 37.3 Å². The maximum absolute atomic E-state index is 13.3. The number of rotatable bonds is 13. The Hall–Kier alpha value is -2.94. The van der Waals surface area contributed by atoms with Crippen LogP contribution in [0.5, 0.6) is 0 Å². The van der Waals surface area contributed by atoms with E-state index in [4.69, 9.17) is 0 Å². The van der Waals surface area contributed by atoms with Crippen molar-refractivity contribution in [2.24, 2.45) is 0 Å². The Morgan fingerprint density at radius 2 is 1.68 bits per heavy atom. The number of anilines is 1. The molecule has 0 bridgehead atoms. The number of benzene rings is 2. The average molecular weight is 492 g/mol. The van der Waals surface area contributed by atoms with Gasteiger partial charge in [0, 0.05) is 26.1 Å². The van der Waals surface area contributed by atoms with Gasteiger partial charge in [-0.1, -0.05) is 43.7 Å². The van der Waals surface area contributed by atoms with Gasteiger partial charge in [0.15, 0.2) is 0 Å². The monoisotopic (exact) mass is 491 g/mol. The highest BCUT2D eigenvalue weighted by Crippen LogP contribution is 2.19. The molecule has 34 heavy (non-hydrogen) atoms. The molecule has 0 saturated carbocycles. The van der Waals surface area contributed by atoms with Gasteiger partial charge in [-0.15, -0.1) is 0 Å². The minimum absolute atomic E-state index is 0.0620. The Bertz CT molecular complexity index is 1030. The van der Waals surface area contributed by atoms with Gasteiger partial charge in [0.2, 0.25) is 21.8 Å². The quantitative estimate of drug-likeness (QED) is 0.433. The van der Waals surface area contributed by atoms with Gasteiger partial charge < -0.3 is 10.2 Å². The van der Waals surface area contributed by atoms with E-state index in [0.717, 1.165) is 29.0 Å². The van der Waals surface area contributed by atoms with Gasteiger partial charge in [-0.05, 0) is 49.6 Å². The van der Waals surface area contributed by atoms with Crippen LogP contribution in [0.4, 0.5) is 10.1 Å². The number of carbonyl (C=O) groups excluding carboxylic acids is 2. The Labute approximate surface area is 202 Å². The van der Waals surface area contributed by atoms with Crippen LogP contribution in [-0.4, -0.2) is 50.5 Å². The van der Waals surface area contributed by atoms with Gasteiger partial charge in [-0.25, -0.2) is 12.8 Å². The number of sulfonamides is 1. The molecule has 0 aromatic heterocycles. The van der Waals surface area contributed by atoms with E-state index in [0.29, 0.717) is 12.2 Å². The van der Waals surface area contributed by atoms with E-state index in [2.05, 4.69) is 5.32 Å². The van der Waals surface area contributed by atoms with Crippen molar-refractivity contribution in [2.45, 2.75) is 52.1 Å². The van der Waals surface area contributed by atoms with Crippen molar-refractivity contribution in [1.29, 1.82) is 0 Å². The van der Waals surface area contributed by atoms with E-state index in [9.17, 15) is 22.4 Å². The zero-order valence-corrected chi connectivity index (χ0v) is 20.9. The van der Waals surface area contributed by atoms with Crippen molar-refractivity contribution in [3.8, 4) is 0 Å². The van der Waals surface area contributed by atoms with Crippen LogP contribution < -0.4 is 9.62 Å². The number of carbonyl (C=O) groups is 2. The Morgan fingerprint density at radius 3 is 2.26 bits per heavy atom. The van der Waals surface area contributed by atoms with Crippen molar-refractivity contribution in [2.75, 3.05) is 23.7 Å². The molecule has 0 spiro atoms. The summed E-state index contributed by atoms with van der Waals surface area (Å²) < 4.78 is 39.0. The molecule has 9 heteroatoms. The molecule has 0 radical (unpaired) electrons. The van der Waals surface area contributed by atoms with Crippen LogP contribution >= 0.6 is 0 Å². The average Bonchev–Trinajstić information content (AvgIpc) is 2.80. The molecule has 1 N–H and O–H groups in total. The van der Waals surface area contributed by atoms with Crippen LogP contribution in [-0.2, 0) is 26.2 Å². The molecule has 2 amide bonds. The minimum Gasteiger partial charge on any atom is -0.354 e. The third-order valence-electron chi connectivity index (χ3n) is 5.46. The van der Waals surface area contributed by atoms with E-state index in [1.165, 1.54) is 29.2 Å². The van der Waals surface area contributed by atoms with Gasteiger partial charge in [0.05, 0.1) is 11.9 Å². The lowest BCUT2D eigenvalue weighted by Gasteiger charge is -2.29. The summed E-state index contributed by atoms with van der Waals surface area (Å²) in [6, 6.07) is 13.9. The Morgan fingerprint density at radius 1 is 1.03 bits per heavy atom. The molecular formula is C25H34FN3O4S. The van der Waals surface area contributed by atoms with E-state index in [1.54, 1.807) is 6.92 Å². The summed E-state index contributed by atoms with van der Waals surface area (Å²) in [6.45, 7) is 4.62. The van der Waals surface area contributed by atoms with E-state index < -0.39 is 21.9 Å². The number of unbranched alkanes of at least 4 members (excludes halogenated alkanes) is 1. The fraction of sp³-hybridized carbons (Fsp3) is 0.440. The molecule has 0 fully saturated rings. The van der Waals surface area contributed by atoms with Crippen molar-refractivity contribution in [1.82, 2.24) is 10.2 Å². The Kier molecular flexibility index (Phi) is 10.5. The van der Waals surface area contributed by atoms with Gasteiger partial charge in [0.25, 0.3) is 0 Å². The third-order valence-corrected chi connectivity index (χ3v) is 6.65. The first-order valence-electron chi connectivity index (χ1n) is 11.5. The molecule has 2 rings (SSSR count). The van der Waals surface area contributed by atoms with Crippen molar-refractivity contribution < 1.29 is 22.4 Å². The predicted molar refractivity (Wildman–Crippen MR) is 132 cm³/mol. The van der Waals surface area contributed by atoms with E-state index in [-0.39, 0.29) is 37.7 Å². The van der Waals surface area contributed by atoms with Crippen LogP contribution in [0.2, 0.25) is 0 Å². The number of amides is 2. The first-order valence-corrected chi connectivity index (χ1v) is 13.3. The SMILES string of the molecule is CCCCNC(=O)[C@@H](C)N(Cc1ccccc1)C(=O)CCCN(c1ccc(F)cc1)S(C)(=O)=O. The van der Waals surface area contributed by atoms with Gasteiger partial charge in [-0.3, -0.25) is 13.9 Å². The minimum atomic E-state index is -3.62. The topological polar surface area (TPSA) is 86.8 Å². The molecule has 0 aliphatic heterocycles. The third kappa shape index (κ3) is 8.44. The summed E-state index contributed by atoms with van der Waals surface area (Å²) in [4.78, 5) is 27.3. The highest BCUT2D eigenvalue weighted by atomic mass is 32.2. The number of nitrogens with one attached hydrogen (secondary N) is 1. The maximum Gasteiger partial charge on any atom is 0.242 e. The molecule has 0 unspecified atom stereocenters. The van der Waals surface area contributed by atoms with Crippen LogP contribution in [0.25, 0.3) is 0 Å². The largest absolute Gasteiger partial charge is 0.354 e.